The molecule has 0 radical (unpaired) electrons. The molecule has 1 aromatic carbocycles. The molecule has 1 unspecified atom stereocenters. The standard InChI is InChI=1S/C15H22Cl2N2O2/c1-5-18-15(20)10(4)21-14-11(8-19-9(2)3)6-12(16)7-13(14)17/h6-7,9-10,19H,5,8H2,1-4H3,(H,18,20). The molecule has 118 valence electrons. The number of carbonyl (C=O) groups is 1. The Morgan fingerprint density at radius 1 is 1.29 bits per heavy atom. The SMILES string of the molecule is CCNC(=O)C(C)Oc1c(Cl)cc(Cl)cc1CNC(C)C. The first-order chi connectivity index (χ1) is 9.85. The molecule has 0 heterocycles. The second kappa shape index (κ2) is 8.47. The van der Waals surface area contributed by atoms with Crippen molar-refractivity contribution in [3.05, 3.63) is 27.7 Å². The highest BCUT2D eigenvalue weighted by Crippen LogP contribution is 2.33. The van der Waals surface area contributed by atoms with Gasteiger partial charge in [-0.3, -0.25) is 4.79 Å². The highest BCUT2D eigenvalue weighted by atomic mass is 35.5. The van der Waals surface area contributed by atoms with Gasteiger partial charge in [-0.1, -0.05) is 37.0 Å². The van der Waals surface area contributed by atoms with Gasteiger partial charge in [0, 0.05) is 29.7 Å². The van der Waals surface area contributed by atoms with Gasteiger partial charge in [-0.15, -0.1) is 0 Å². The molecule has 0 aliphatic heterocycles. The molecule has 2 N–H and O–H groups in total. The van der Waals surface area contributed by atoms with Gasteiger partial charge >= 0.3 is 0 Å². The molecule has 0 aliphatic carbocycles. The topological polar surface area (TPSA) is 50.4 Å². The molecular formula is C15H22Cl2N2O2. The van der Waals surface area contributed by atoms with E-state index in [0.29, 0.717) is 34.9 Å². The largest absolute Gasteiger partial charge is 0.479 e. The highest BCUT2D eigenvalue weighted by Gasteiger charge is 2.18. The quantitative estimate of drug-likeness (QED) is 0.804. The predicted molar refractivity (Wildman–Crippen MR) is 87.2 cm³/mol. The Morgan fingerprint density at radius 3 is 2.52 bits per heavy atom. The van der Waals surface area contributed by atoms with E-state index in [-0.39, 0.29) is 5.91 Å². The molecule has 0 aromatic heterocycles. The average Bonchev–Trinajstić information content (AvgIpc) is 2.39. The Labute approximate surface area is 136 Å². The van der Waals surface area contributed by atoms with Gasteiger partial charge in [-0.05, 0) is 26.0 Å². The van der Waals surface area contributed by atoms with E-state index in [0.717, 1.165) is 5.56 Å². The van der Waals surface area contributed by atoms with Crippen molar-refractivity contribution in [1.29, 1.82) is 0 Å². The summed E-state index contributed by atoms with van der Waals surface area (Å²) in [5.74, 6) is 0.319. The van der Waals surface area contributed by atoms with Gasteiger partial charge in [0.1, 0.15) is 5.75 Å². The third kappa shape index (κ3) is 5.73. The number of hydrogen-bond acceptors (Lipinski definition) is 3. The van der Waals surface area contributed by atoms with E-state index in [2.05, 4.69) is 10.6 Å². The van der Waals surface area contributed by atoms with Crippen LogP contribution in [0.4, 0.5) is 0 Å². The van der Waals surface area contributed by atoms with E-state index in [1.807, 2.05) is 20.8 Å². The van der Waals surface area contributed by atoms with Crippen LogP contribution in [0.1, 0.15) is 33.3 Å². The Kier molecular flexibility index (Phi) is 7.29. The van der Waals surface area contributed by atoms with Crippen molar-refractivity contribution in [2.24, 2.45) is 0 Å². The van der Waals surface area contributed by atoms with Crippen molar-refractivity contribution in [1.82, 2.24) is 10.6 Å². The zero-order chi connectivity index (χ0) is 16.0. The molecule has 1 amide bonds. The summed E-state index contributed by atoms with van der Waals surface area (Å²) in [4.78, 5) is 11.8. The Hall–Kier alpha value is -0.970. The number of halogens is 2. The number of amides is 1. The lowest BCUT2D eigenvalue weighted by molar-refractivity contribution is -0.127. The summed E-state index contributed by atoms with van der Waals surface area (Å²) < 4.78 is 5.74. The predicted octanol–water partition coefficient (Wildman–Crippen LogP) is 3.39. The van der Waals surface area contributed by atoms with Crippen LogP contribution in [-0.2, 0) is 11.3 Å². The van der Waals surface area contributed by atoms with E-state index < -0.39 is 6.10 Å². The van der Waals surface area contributed by atoms with Crippen LogP contribution in [0.25, 0.3) is 0 Å². The van der Waals surface area contributed by atoms with Crippen LogP contribution in [0.5, 0.6) is 5.75 Å². The monoisotopic (exact) mass is 332 g/mol. The number of ether oxygens (including phenoxy) is 1. The zero-order valence-electron chi connectivity index (χ0n) is 12.8. The van der Waals surface area contributed by atoms with Gasteiger partial charge in [0.25, 0.3) is 5.91 Å². The van der Waals surface area contributed by atoms with Crippen LogP contribution in [0.15, 0.2) is 12.1 Å². The van der Waals surface area contributed by atoms with E-state index in [4.69, 9.17) is 27.9 Å². The molecule has 21 heavy (non-hydrogen) atoms. The molecule has 1 rings (SSSR count). The lowest BCUT2D eigenvalue weighted by atomic mass is 10.2. The number of benzene rings is 1. The number of likely N-dealkylation sites (N-methyl/N-ethyl adjacent to an activating group) is 1. The fourth-order valence-corrected chi connectivity index (χ4v) is 2.32. The molecule has 0 fully saturated rings. The van der Waals surface area contributed by atoms with Crippen molar-refractivity contribution in [3.8, 4) is 5.75 Å². The normalized spacial score (nSPS) is 12.3. The first-order valence-corrected chi connectivity index (χ1v) is 7.76. The summed E-state index contributed by atoms with van der Waals surface area (Å²) in [6.45, 7) is 8.76. The minimum atomic E-state index is -0.624. The lowest BCUT2D eigenvalue weighted by Gasteiger charge is -2.19. The van der Waals surface area contributed by atoms with Crippen LogP contribution >= 0.6 is 23.2 Å². The second-order valence-corrected chi connectivity index (χ2v) is 5.91. The Balaban J connectivity index is 2.95. The van der Waals surface area contributed by atoms with E-state index in [1.54, 1.807) is 19.1 Å². The van der Waals surface area contributed by atoms with E-state index >= 15 is 0 Å². The summed E-state index contributed by atoms with van der Waals surface area (Å²) in [6, 6.07) is 3.72. The summed E-state index contributed by atoms with van der Waals surface area (Å²) in [6.07, 6.45) is -0.624. The van der Waals surface area contributed by atoms with Crippen molar-refractivity contribution >= 4 is 29.1 Å². The molecule has 4 nitrogen and oxygen atoms in total. The highest BCUT2D eigenvalue weighted by molar-refractivity contribution is 6.35. The minimum absolute atomic E-state index is 0.175. The number of hydrogen-bond donors (Lipinski definition) is 2. The van der Waals surface area contributed by atoms with E-state index in [9.17, 15) is 4.79 Å². The average molecular weight is 333 g/mol. The van der Waals surface area contributed by atoms with Crippen LogP contribution in [0.2, 0.25) is 10.0 Å². The lowest BCUT2D eigenvalue weighted by Crippen LogP contribution is -2.36. The molecule has 0 aliphatic rings. The molecule has 0 bridgehead atoms. The Bertz CT molecular complexity index is 493. The fourth-order valence-electron chi connectivity index (χ4n) is 1.74. The smallest absolute Gasteiger partial charge is 0.260 e. The van der Waals surface area contributed by atoms with Gasteiger partial charge in [0.15, 0.2) is 6.10 Å². The van der Waals surface area contributed by atoms with Crippen molar-refractivity contribution in [2.75, 3.05) is 6.54 Å². The first kappa shape index (κ1) is 18.1. The second-order valence-electron chi connectivity index (χ2n) is 5.07. The number of rotatable bonds is 7. The Morgan fingerprint density at radius 2 is 1.95 bits per heavy atom. The van der Waals surface area contributed by atoms with Crippen molar-refractivity contribution in [3.63, 3.8) is 0 Å². The first-order valence-electron chi connectivity index (χ1n) is 7.00. The molecule has 1 aromatic rings. The van der Waals surface area contributed by atoms with Gasteiger partial charge in [-0.2, -0.15) is 0 Å². The zero-order valence-corrected chi connectivity index (χ0v) is 14.3. The van der Waals surface area contributed by atoms with Crippen molar-refractivity contribution < 1.29 is 9.53 Å². The van der Waals surface area contributed by atoms with Crippen LogP contribution in [0, 0.1) is 0 Å². The third-order valence-electron chi connectivity index (χ3n) is 2.80. The van der Waals surface area contributed by atoms with Gasteiger partial charge in [0.05, 0.1) is 5.02 Å². The number of nitrogens with one attached hydrogen (secondary N) is 2. The van der Waals surface area contributed by atoms with Crippen molar-refractivity contribution in [2.45, 2.75) is 46.4 Å². The third-order valence-corrected chi connectivity index (χ3v) is 3.30. The van der Waals surface area contributed by atoms with Crippen LogP contribution in [0.3, 0.4) is 0 Å². The molecular weight excluding hydrogens is 311 g/mol. The van der Waals surface area contributed by atoms with Gasteiger partial charge in [-0.25, -0.2) is 0 Å². The fraction of sp³-hybridized carbons (Fsp3) is 0.533. The molecule has 0 saturated carbocycles. The number of carbonyl (C=O) groups excluding carboxylic acids is 1. The van der Waals surface area contributed by atoms with E-state index in [1.165, 1.54) is 0 Å². The van der Waals surface area contributed by atoms with Gasteiger partial charge < -0.3 is 15.4 Å². The summed E-state index contributed by atoms with van der Waals surface area (Å²) >= 11 is 12.2. The maximum absolute atomic E-state index is 11.8. The summed E-state index contributed by atoms with van der Waals surface area (Å²) in [7, 11) is 0. The molecule has 0 saturated heterocycles. The van der Waals surface area contributed by atoms with Gasteiger partial charge in [0.2, 0.25) is 0 Å². The summed E-state index contributed by atoms with van der Waals surface area (Å²) in [5, 5.41) is 6.95. The molecule has 0 spiro atoms. The molecule has 1 atom stereocenters. The van der Waals surface area contributed by atoms with Crippen LogP contribution < -0.4 is 15.4 Å². The summed E-state index contributed by atoms with van der Waals surface area (Å²) in [5.41, 5.74) is 0.831. The maximum Gasteiger partial charge on any atom is 0.260 e. The maximum atomic E-state index is 11.8. The minimum Gasteiger partial charge on any atom is -0.479 e. The van der Waals surface area contributed by atoms with Crippen LogP contribution in [-0.4, -0.2) is 24.6 Å². The molecule has 6 heteroatoms.